The highest BCUT2D eigenvalue weighted by molar-refractivity contribution is 5.91. The average Bonchev–Trinajstić information content (AvgIpc) is 3.15. The van der Waals surface area contributed by atoms with Gasteiger partial charge in [-0.3, -0.25) is 14.4 Å². The van der Waals surface area contributed by atoms with E-state index in [4.69, 9.17) is 9.72 Å². The Bertz CT molecular complexity index is 1320. The first kappa shape index (κ1) is 21.9. The predicted molar refractivity (Wildman–Crippen MR) is 124 cm³/mol. The zero-order chi connectivity index (χ0) is 23.2. The minimum atomic E-state index is -0.714. The first-order valence-electron chi connectivity index (χ1n) is 11.1. The lowest BCUT2D eigenvalue weighted by molar-refractivity contribution is -0.122. The quantitative estimate of drug-likeness (QED) is 0.406. The van der Waals surface area contributed by atoms with E-state index in [1.54, 1.807) is 17.6 Å². The molecule has 0 amide bonds. The molecule has 3 aromatic rings. The minimum absolute atomic E-state index is 0.0463. The molecule has 32 heavy (non-hydrogen) atoms. The number of nitrogens with zero attached hydrogens (tertiary/aromatic N) is 2. The van der Waals surface area contributed by atoms with Crippen LogP contribution in [0.3, 0.4) is 0 Å². The predicted octanol–water partition coefficient (Wildman–Crippen LogP) is 4.34. The molecule has 1 atom stereocenters. The summed E-state index contributed by atoms with van der Waals surface area (Å²) in [7, 11) is 0. The smallest absolute Gasteiger partial charge is 0.298 e. The molecule has 0 radical (unpaired) electrons. The molecule has 0 N–H and O–H groups in total. The number of carbonyl (C=O) groups is 2. The van der Waals surface area contributed by atoms with Crippen molar-refractivity contribution in [3.63, 3.8) is 0 Å². The number of fused-ring (bicyclic) bond motifs is 4. The maximum Gasteiger partial charge on any atom is 0.298 e. The van der Waals surface area contributed by atoms with E-state index in [0.29, 0.717) is 37.2 Å². The van der Waals surface area contributed by atoms with E-state index in [2.05, 4.69) is 6.92 Å². The van der Waals surface area contributed by atoms with Crippen molar-refractivity contribution in [1.82, 2.24) is 9.55 Å². The van der Waals surface area contributed by atoms with Gasteiger partial charge in [0.2, 0.25) is 0 Å². The van der Waals surface area contributed by atoms with Crippen molar-refractivity contribution in [1.29, 1.82) is 0 Å². The Morgan fingerprint density at radius 2 is 1.91 bits per heavy atom. The molecular weight excluding hydrogens is 404 g/mol. The molecule has 0 saturated carbocycles. The fourth-order valence-electron chi connectivity index (χ4n) is 4.93. The summed E-state index contributed by atoms with van der Waals surface area (Å²) in [5.41, 5.74) is 5.20. The SMILES string of the molecule is CCc1c([C@@](C)(CC)C(C)=O)cc2n(c1=O)Cc1c-2nc2ccc(OC=O)cc2c1CC. The van der Waals surface area contributed by atoms with Gasteiger partial charge in [0, 0.05) is 16.5 Å². The lowest BCUT2D eigenvalue weighted by Crippen LogP contribution is -2.35. The monoisotopic (exact) mass is 432 g/mol. The third-order valence-electron chi connectivity index (χ3n) is 7.10. The van der Waals surface area contributed by atoms with Crippen LogP contribution in [0, 0.1) is 0 Å². The Hall–Kier alpha value is -3.28. The van der Waals surface area contributed by atoms with Gasteiger partial charge < -0.3 is 9.30 Å². The fraction of sp³-hybridized carbons (Fsp3) is 0.385. The highest BCUT2D eigenvalue weighted by atomic mass is 16.5. The van der Waals surface area contributed by atoms with Crippen LogP contribution in [0.25, 0.3) is 22.3 Å². The molecule has 0 fully saturated rings. The highest BCUT2D eigenvalue weighted by Crippen LogP contribution is 2.40. The van der Waals surface area contributed by atoms with Crippen LogP contribution in [0.15, 0.2) is 29.1 Å². The number of hydrogen-bond acceptors (Lipinski definition) is 5. The van der Waals surface area contributed by atoms with Crippen LogP contribution in [-0.4, -0.2) is 21.8 Å². The van der Waals surface area contributed by atoms with Crippen LogP contribution in [0.2, 0.25) is 0 Å². The van der Waals surface area contributed by atoms with E-state index in [1.807, 2.05) is 39.0 Å². The van der Waals surface area contributed by atoms with Crippen molar-refractivity contribution in [3.05, 3.63) is 56.9 Å². The van der Waals surface area contributed by atoms with Gasteiger partial charge in [0.05, 0.1) is 28.9 Å². The van der Waals surface area contributed by atoms with Crippen LogP contribution in [0.4, 0.5) is 0 Å². The largest absolute Gasteiger partial charge is 0.429 e. The Kier molecular flexibility index (Phi) is 5.49. The molecule has 1 aliphatic rings. The summed E-state index contributed by atoms with van der Waals surface area (Å²) in [6.45, 7) is 10.4. The molecule has 0 unspecified atom stereocenters. The summed E-state index contributed by atoms with van der Waals surface area (Å²) < 4.78 is 6.83. The van der Waals surface area contributed by atoms with E-state index < -0.39 is 5.41 Å². The molecule has 0 aliphatic carbocycles. The lowest BCUT2D eigenvalue weighted by atomic mass is 9.74. The summed E-state index contributed by atoms with van der Waals surface area (Å²) >= 11 is 0. The van der Waals surface area contributed by atoms with Gasteiger partial charge in [0.1, 0.15) is 11.5 Å². The summed E-state index contributed by atoms with van der Waals surface area (Å²) in [4.78, 5) is 41.9. The standard InChI is InChI=1S/C26H28N2O4/c1-6-17-19-11-16(32-14-29)9-10-22(19)27-24-20(17)13-28-23(24)12-21(18(7-2)25(28)31)26(5,8-3)15(4)30/h9-12,14H,6-8,13H2,1-5H3/t26-/m0/s1. The van der Waals surface area contributed by atoms with Crippen molar-refractivity contribution in [2.75, 3.05) is 0 Å². The van der Waals surface area contributed by atoms with Gasteiger partial charge in [-0.15, -0.1) is 0 Å². The molecule has 2 aromatic heterocycles. The number of Topliss-reactive ketones (excluding diaryl/α,β-unsaturated/α-hetero) is 1. The van der Waals surface area contributed by atoms with Gasteiger partial charge in [-0.2, -0.15) is 0 Å². The van der Waals surface area contributed by atoms with E-state index >= 15 is 0 Å². The summed E-state index contributed by atoms with van der Waals surface area (Å²) in [6.07, 6.45) is 1.94. The number of carbonyl (C=O) groups excluding carboxylic acids is 2. The van der Waals surface area contributed by atoms with Crippen molar-refractivity contribution in [3.8, 4) is 17.1 Å². The number of ether oxygens (including phenoxy) is 1. The van der Waals surface area contributed by atoms with Gasteiger partial charge in [0.25, 0.3) is 12.0 Å². The van der Waals surface area contributed by atoms with Gasteiger partial charge in [-0.25, -0.2) is 4.98 Å². The fourth-order valence-corrected chi connectivity index (χ4v) is 4.93. The maximum absolute atomic E-state index is 13.6. The topological polar surface area (TPSA) is 78.3 Å². The van der Waals surface area contributed by atoms with Gasteiger partial charge in [0.15, 0.2) is 0 Å². The van der Waals surface area contributed by atoms with Crippen LogP contribution < -0.4 is 10.3 Å². The lowest BCUT2D eigenvalue weighted by Gasteiger charge is -2.28. The van der Waals surface area contributed by atoms with E-state index in [-0.39, 0.29) is 11.3 Å². The van der Waals surface area contributed by atoms with Gasteiger partial charge in [-0.05, 0) is 68.5 Å². The average molecular weight is 433 g/mol. The third-order valence-corrected chi connectivity index (χ3v) is 7.10. The molecular formula is C26H28N2O4. The minimum Gasteiger partial charge on any atom is -0.429 e. The Balaban J connectivity index is 2.04. The number of benzene rings is 1. The maximum atomic E-state index is 13.6. The molecule has 0 bridgehead atoms. The second kappa shape index (κ2) is 8.01. The Labute approximate surface area is 187 Å². The summed E-state index contributed by atoms with van der Waals surface area (Å²) in [6, 6.07) is 7.39. The van der Waals surface area contributed by atoms with Crippen LogP contribution in [0.1, 0.15) is 63.3 Å². The first-order valence-corrected chi connectivity index (χ1v) is 11.1. The molecule has 6 nitrogen and oxygen atoms in total. The van der Waals surface area contributed by atoms with Gasteiger partial charge >= 0.3 is 0 Å². The van der Waals surface area contributed by atoms with E-state index in [1.165, 1.54) is 0 Å². The third kappa shape index (κ3) is 3.08. The zero-order valence-corrected chi connectivity index (χ0v) is 19.2. The van der Waals surface area contributed by atoms with Crippen molar-refractivity contribution < 1.29 is 14.3 Å². The molecule has 6 heteroatoms. The molecule has 0 saturated heterocycles. The number of aryl methyl sites for hydroxylation is 1. The molecule has 3 heterocycles. The number of hydrogen-bond donors (Lipinski definition) is 0. The van der Waals surface area contributed by atoms with Crippen LogP contribution in [-0.2, 0) is 34.4 Å². The zero-order valence-electron chi connectivity index (χ0n) is 19.2. The van der Waals surface area contributed by atoms with Crippen molar-refractivity contribution in [2.24, 2.45) is 0 Å². The molecule has 4 rings (SSSR count). The van der Waals surface area contributed by atoms with E-state index in [0.717, 1.165) is 45.4 Å². The van der Waals surface area contributed by atoms with Gasteiger partial charge in [-0.1, -0.05) is 20.8 Å². The van der Waals surface area contributed by atoms with Crippen LogP contribution >= 0.6 is 0 Å². The first-order chi connectivity index (χ1) is 15.3. The molecule has 0 spiro atoms. The summed E-state index contributed by atoms with van der Waals surface area (Å²) in [5, 5.41) is 0.921. The number of pyridine rings is 2. The Morgan fingerprint density at radius 1 is 1.19 bits per heavy atom. The molecule has 166 valence electrons. The normalized spacial score (nSPS) is 14.0. The Morgan fingerprint density at radius 3 is 2.50 bits per heavy atom. The highest BCUT2D eigenvalue weighted by Gasteiger charge is 2.36. The second-order valence-electron chi connectivity index (χ2n) is 8.57. The van der Waals surface area contributed by atoms with Crippen molar-refractivity contribution in [2.45, 2.75) is 65.8 Å². The second-order valence-corrected chi connectivity index (χ2v) is 8.57. The van der Waals surface area contributed by atoms with Crippen molar-refractivity contribution >= 4 is 23.2 Å². The van der Waals surface area contributed by atoms with Crippen LogP contribution in [0.5, 0.6) is 5.75 Å². The molecule has 1 aliphatic heterocycles. The van der Waals surface area contributed by atoms with E-state index in [9.17, 15) is 14.4 Å². The number of rotatable bonds is 7. The summed E-state index contributed by atoms with van der Waals surface area (Å²) in [5.74, 6) is 0.521. The molecule has 1 aromatic carbocycles. The number of aromatic nitrogens is 2. The number of ketones is 1.